The molecule has 2 aromatic heterocycles. The molecule has 0 aliphatic heterocycles. The van der Waals surface area contributed by atoms with Crippen molar-refractivity contribution in [3.8, 4) is 11.1 Å². The summed E-state index contributed by atoms with van der Waals surface area (Å²) >= 11 is 1.57. The predicted octanol–water partition coefficient (Wildman–Crippen LogP) is 3.66. The maximum atomic E-state index is 11.4. The first kappa shape index (κ1) is 19.3. The van der Waals surface area contributed by atoms with Crippen LogP contribution >= 0.6 is 11.3 Å². The lowest BCUT2D eigenvalue weighted by Gasteiger charge is -2.11. The van der Waals surface area contributed by atoms with Crippen molar-refractivity contribution in [2.24, 2.45) is 5.14 Å². The largest absolute Gasteiger partial charge is 0.365 e. The maximum absolute atomic E-state index is 11.4. The van der Waals surface area contributed by atoms with Crippen LogP contribution in [0.15, 0.2) is 64.9 Å². The van der Waals surface area contributed by atoms with E-state index in [9.17, 15) is 8.42 Å². The van der Waals surface area contributed by atoms with Gasteiger partial charge in [-0.3, -0.25) is 0 Å². The summed E-state index contributed by atoms with van der Waals surface area (Å²) in [6, 6.07) is 16.6. The Hall–Kier alpha value is -3.01. The molecule has 9 heteroatoms. The highest BCUT2D eigenvalue weighted by molar-refractivity contribution is 7.89. The number of primary sulfonamides is 1. The number of fused-ring (bicyclic) bond motifs is 1. The summed E-state index contributed by atoms with van der Waals surface area (Å²) in [5, 5.41) is 14.6. The normalized spacial score (nSPS) is 11.5. The lowest BCUT2D eigenvalue weighted by Crippen LogP contribution is -2.12. The molecular formula is C20H19N5O2S2. The average Bonchev–Trinajstić information content (AvgIpc) is 3.16. The third kappa shape index (κ3) is 4.07. The SMILES string of the molecule is CNc1nc(NCc2ccc(S(N)(=O)=O)cc2)c2c(-c3ccccc3)csc2n1. The number of nitrogens with zero attached hydrogens (tertiary/aromatic N) is 2. The van der Waals surface area contributed by atoms with Crippen LogP contribution < -0.4 is 15.8 Å². The van der Waals surface area contributed by atoms with Gasteiger partial charge in [0.15, 0.2) is 0 Å². The van der Waals surface area contributed by atoms with Crippen molar-refractivity contribution in [2.45, 2.75) is 11.4 Å². The zero-order valence-electron chi connectivity index (χ0n) is 15.6. The van der Waals surface area contributed by atoms with Crippen LogP contribution in [0.2, 0.25) is 0 Å². The topological polar surface area (TPSA) is 110 Å². The van der Waals surface area contributed by atoms with Crippen LogP contribution in [0.1, 0.15) is 5.56 Å². The van der Waals surface area contributed by atoms with Gasteiger partial charge in [-0.05, 0) is 23.3 Å². The van der Waals surface area contributed by atoms with Crippen LogP contribution in [0.4, 0.5) is 11.8 Å². The number of sulfonamides is 1. The number of benzene rings is 2. The molecule has 4 aromatic rings. The van der Waals surface area contributed by atoms with Crippen molar-refractivity contribution in [3.63, 3.8) is 0 Å². The summed E-state index contributed by atoms with van der Waals surface area (Å²) in [5.41, 5.74) is 3.08. The van der Waals surface area contributed by atoms with Gasteiger partial charge in [0.05, 0.1) is 10.3 Å². The van der Waals surface area contributed by atoms with E-state index >= 15 is 0 Å². The van der Waals surface area contributed by atoms with Crippen molar-refractivity contribution in [1.82, 2.24) is 9.97 Å². The minimum absolute atomic E-state index is 0.0901. The highest BCUT2D eigenvalue weighted by Gasteiger charge is 2.15. The highest BCUT2D eigenvalue weighted by Crippen LogP contribution is 2.37. The summed E-state index contributed by atoms with van der Waals surface area (Å²) in [4.78, 5) is 10.2. The Morgan fingerprint density at radius 1 is 1.03 bits per heavy atom. The third-order valence-corrected chi connectivity index (χ3v) is 6.26. The summed E-state index contributed by atoms with van der Waals surface area (Å²) in [5.74, 6) is 1.25. The molecule has 148 valence electrons. The Labute approximate surface area is 172 Å². The van der Waals surface area contributed by atoms with Crippen molar-refractivity contribution in [2.75, 3.05) is 17.7 Å². The van der Waals surface area contributed by atoms with Gasteiger partial charge in [-0.15, -0.1) is 11.3 Å². The molecule has 0 saturated carbocycles. The molecule has 0 amide bonds. The van der Waals surface area contributed by atoms with E-state index in [1.807, 2.05) is 18.2 Å². The van der Waals surface area contributed by atoms with E-state index in [-0.39, 0.29) is 4.90 Å². The lowest BCUT2D eigenvalue weighted by atomic mass is 10.1. The van der Waals surface area contributed by atoms with Gasteiger partial charge in [0.1, 0.15) is 10.6 Å². The van der Waals surface area contributed by atoms with Crippen LogP contribution in [-0.4, -0.2) is 25.4 Å². The molecule has 0 saturated heterocycles. The van der Waals surface area contributed by atoms with Crippen molar-refractivity contribution >= 4 is 43.3 Å². The predicted molar refractivity (Wildman–Crippen MR) is 118 cm³/mol. The minimum Gasteiger partial charge on any atom is -0.365 e. The molecule has 0 spiro atoms. The van der Waals surface area contributed by atoms with Crippen LogP contribution in [0.5, 0.6) is 0 Å². The monoisotopic (exact) mass is 425 g/mol. The number of nitrogens with one attached hydrogen (secondary N) is 2. The second-order valence-corrected chi connectivity index (χ2v) is 8.80. The second kappa shape index (κ2) is 7.78. The quantitative estimate of drug-likeness (QED) is 0.435. The zero-order valence-corrected chi connectivity index (χ0v) is 17.2. The average molecular weight is 426 g/mol. The fraction of sp³-hybridized carbons (Fsp3) is 0.100. The molecule has 2 aromatic carbocycles. The van der Waals surface area contributed by atoms with Gasteiger partial charge in [0.25, 0.3) is 0 Å². The number of aromatic nitrogens is 2. The number of hydrogen-bond acceptors (Lipinski definition) is 7. The van der Waals surface area contributed by atoms with Gasteiger partial charge in [-0.2, -0.15) is 4.98 Å². The van der Waals surface area contributed by atoms with E-state index in [0.717, 1.165) is 32.7 Å². The Kier molecular flexibility index (Phi) is 5.18. The molecule has 0 fully saturated rings. The van der Waals surface area contributed by atoms with Gasteiger partial charge < -0.3 is 10.6 Å². The minimum atomic E-state index is -3.70. The first-order valence-electron chi connectivity index (χ1n) is 8.84. The molecule has 29 heavy (non-hydrogen) atoms. The summed E-state index contributed by atoms with van der Waals surface area (Å²) in [7, 11) is -1.92. The van der Waals surface area contributed by atoms with Gasteiger partial charge in [0.2, 0.25) is 16.0 Å². The zero-order chi connectivity index (χ0) is 20.4. The van der Waals surface area contributed by atoms with Gasteiger partial charge in [-0.1, -0.05) is 42.5 Å². The first-order valence-corrected chi connectivity index (χ1v) is 11.3. The van der Waals surface area contributed by atoms with Gasteiger partial charge in [0, 0.05) is 24.5 Å². The number of rotatable bonds is 6. The third-order valence-electron chi connectivity index (χ3n) is 4.45. The Balaban J connectivity index is 1.70. The standard InChI is InChI=1S/C20H19N5O2S2/c1-22-20-24-18(23-11-13-7-9-15(10-8-13)29(21,26)27)17-16(12-28-19(17)25-20)14-5-3-2-4-6-14/h2-10,12H,11H2,1H3,(H2,21,26,27)(H2,22,23,24,25). The number of hydrogen-bond donors (Lipinski definition) is 3. The smallest absolute Gasteiger partial charge is 0.238 e. The van der Waals surface area contributed by atoms with Crippen molar-refractivity contribution in [1.29, 1.82) is 0 Å². The summed E-state index contributed by atoms with van der Waals surface area (Å²) in [6.45, 7) is 0.476. The molecular weight excluding hydrogens is 406 g/mol. The van der Waals surface area contributed by atoms with Gasteiger partial charge in [-0.25, -0.2) is 18.5 Å². The van der Waals surface area contributed by atoms with E-state index < -0.39 is 10.0 Å². The Morgan fingerprint density at radius 2 is 1.76 bits per heavy atom. The maximum Gasteiger partial charge on any atom is 0.238 e. The van der Waals surface area contributed by atoms with Crippen LogP contribution in [-0.2, 0) is 16.6 Å². The fourth-order valence-corrected chi connectivity index (χ4v) is 4.46. The molecule has 0 aliphatic carbocycles. The highest BCUT2D eigenvalue weighted by atomic mass is 32.2. The fourth-order valence-electron chi connectivity index (χ4n) is 2.99. The van der Waals surface area contributed by atoms with Crippen molar-refractivity contribution in [3.05, 3.63) is 65.5 Å². The molecule has 7 nitrogen and oxygen atoms in total. The van der Waals surface area contributed by atoms with Crippen LogP contribution in [0.25, 0.3) is 21.3 Å². The van der Waals surface area contributed by atoms with E-state index in [4.69, 9.17) is 5.14 Å². The molecule has 0 atom stereocenters. The molecule has 0 unspecified atom stereocenters. The second-order valence-electron chi connectivity index (χ2n) is 6.38. The van der Waals surface area contributed by atoms with E-state index in [1.165, 1.54) is 12.1 Å². The van der Waals surface area contributed by atoms with Crippen LogP contribution in [0.3, 0.4) is 0 Å². The van der Waals surface area contributed by atoms with E-state index in [0.29, 0.717) is 12.5 Å². The molecule has 0 aliphatic rings. The Bertz CT molecular complexity index is 1250. The van der Waals surface area contributed by atoms with E-state index in [1.54, 1.807) is 30.5 Å². The molecule has 4 N–H and O–H groups in total. The van der Waals surface area contributed by atoms with E-state index in [2.05, 4.69) is 38.1 Å². The van der Waals surface area contributed by atoms with Gasteiger partial charge >= 0.3 is 0 Å². The first-order chi connectivity index (χ1) is 14.0. The molecule has 2 heterocycles. The number of thiophene rings is 1. The number of nitrogens with two attached hydrogens (primary N) is 1. The molecule has 0 radical (unpaired) electrons. The molecule has 0 bridgehead atoms. The lowest BCUT2D eigenvalue weighted by molar-refractivity contribution is 0.598. The summed E-state index contributed by atoms with van der Waals surface area (Å²) in [6.07, 6.45) is 0. The number of anilines is 2. The van der Waals surface area contributed by atoms with Crippen molar-refractivity contribution < 1.29 is 8.42 Å². The Morgan fingerprint density at radius 3 is 2.41 bits per heavy atom. The summed E-state index contributed by atoms with van der Waals surface area (Å²) < 4.78 is 22.8. The van der Waals surface area contributed by atoms with Crippen LogP contribution in [0, 0.1) is 0 Å². The molecule has 4 rings (SSSR count).